The molecule has 0 fully saturated rings. The van der Waals surface area contributed by atoms with Gasteiger partial charge in [0.2, 0.25) is 0 Å². The van der Waals surface area contributed by atoms with Gasteiger partial charge in [-0.15, -0.1) is 5.10 Å². The van der Waals surface area contributed by atoms with E-state index in [-0.39, 0.29) is 17.2 Å². The van der Waals surface area contributed by atoms with Crippen LogP contribution in [0.2, 0.25) is 0 Å². The smallest absolute Gasteiger partial charge is 0.264 e. The maximum Gasteiger partial charge on any atom is 0.264 e. The molecule has 0 amide bonds. The fraction of sp³-hybridized carbons (Fsp3) is 0.348. The van der Waals surface area contributed by atoms with Crippen LogP contribution >= 0.6 is 11.8 Å². The third-order valence-corrected chi connectivity index (χ3v) is 7.09. The Hall–Kier alpha value is -2.64. The summed E-state index contributed by atoms with van der Waals surface area (Å²) >= 11 is 1.53. The highest BCUT2D eigenvalue weighted by molar-refractivity contribution is 8.00. The highest BCUT2D eigenvalue weighted by Crippen LogP contribution is 2.43. The molecule has 0 aliphatic carbocycles. The van der Waals surface area contributed by atoms with E-state index in [1.807, 2.05) is 25.1 Å². The maximum absolute atomic E-state index is 13.4. The fourth-order valence-electron chi connectivity index (χ4n) is 4.35. The molecule has 2 atom stereocenters. The SMILES string of the molecule is CCc1nc2n(n1)C(=O)C(C(c1cccc(OC)c1)N1CCc3ccccc3C1)S2. The number of fused-ring (bicyclic) bond motifs is 2. The van der Waals surface area contributed by atoms with Crippen LogP contribution in [0.15, 0.2) is 53.7 Å². The zero-order valence-corrected chi connectivity index (χ0v) is 17.9. The van der Waals surface area contributed by atoms with Crippen molar-refractivity contribution in [2.75, 3.05) is 13.7 Å². The molecular weight excluding hydrogens is 396 g/mol. The number of ether oxygens (including phenoxy) is 1. The second-order valence-corrected chi connectivity index (χ2v) is 8.77. The second-order valence-electron chi connectivity index (χ2n) is 7.66. The number of carbonyl (C=O) groups excluding carboxylic acids is 1. The molecular formula is C23H24N4O2S. The van der Waals surface area contributed by atoms with Crippen molar-refractivity contribution < 1.29 is 9.53 Å². The van der Waals surface area contributed by atoms with Gasteiger partial charge in [-0.25, -0.2) is 4.98 Å². The number of hydrogen-bond donors (Lipinski definition) is 0. The summed E-state index contributed by atoms with van der Waals surface area (Å²) in [6, 6.07) is 16.6. The van der Waals surface area contributed by atoms with E-state index in [9.17, 15) is 4.79 Å². The minimum Gasteiger partial charge on any atom is -0.497 e. The van der Waals surface area contributed by atoms with Crippen LogP contribution in [0.5, 0.6) is 5.75 Å². The van der Waals surface area contributed by atoms with E-state index >= 15 is 0 Å². The first-order chi connectivity index (χ1) is 14.7. The summed E-state index contributed by atoms with van der Waals surface area (Å²) in [6.45, 7) is 3.72. The molecule has 0 radical (unpaired) electrons. The van der Waals surface area contributed by atoms with Crippen molar-refractivity contribution in [1.29, 1.82) is 0 Å². The van der Waals surface area contributed by atoms with Crippen molar-refractivity contribution in [3.63, 3.8) is 0 Å². The maximum atomic E-state index is 13.4. The molecule has 0 N–H and O–H groups in total. The molecule has 2 aliphatic rings. The number of nitrogens with zero attached hydrogens (tertiary/aromatic N) is 4. The third kappa shape index (κ3) is 3.32. The van der Waals surface area contributed by atoms with E-state index in [1.54, 1.807) is 7.11 Å². The number of methoxy groups -OCH3 is 1. The lowest BCUT2D eigenvalue weighted by atomic mass is 9.94. The summed E-state index contributed by atoms with van der Waals surface area (Å²) in [5, 5.41) is 4.84. The third-order valence-electron chi connectivity index (χ3n) is 5.90. The number of hydrogen-bond acceptors (Lipinski definition) is 6. The van der Waals surface area contributed by atoms with E-state index in [4.69, 9.17) is 4.74 Å². The molecule has 3 heterocycles. The van der Waals surface area contributed by atoms with Gasteiger partial charge < -0.3 is 4.74 Å². The Labute approximate surface area is 180 Å². The predicted molar refractivity (Wildman–Crippen MR) is 116 cm³/mol. The van der Waals surface area contributed by atoms with Crippen LogP contribution in [0.25, 0.3) is 0 Å². The van der Waals surface area contributed by atoms with Gasteiger partial charge in [0.1, 0.15) is 11.0 Å². The molecule has 2 aliphatic heterocycles. The van der Waals surface area contributed by atoms with Gasteiger partial charge in [0.25, 0.3) is 5.91 Å². The van der Waals surface area contributed by atoms with Crippen molar-refractivity contribution >= 4 is 17.7 Å². The van der Waals surface area contributed by atoms with Gasteiger partial charge in [0.15, 0.2) is 11.0 Å². The number of aryl methyl sites for hydroxylation is 1. The summed E-state index contributed by atoms with van der Waals surface area (Å²) in [5.74, 6) is 1.53. The van der Waals surface area contributed by atoms with Crippen molar-refractivity contribution in [1.82, 2.24) is 19.7 Å². The van der Waals surface area contributed by atoms with Crippen molar-refractivity contribution in [2.45, 2.75) is 42.8 Å². The van der Waals surface area contributed by atoms with E-state index in [0.29, 0.717) is 11.0 Å². The Bertz CT molecular complexity index is 1100. The molecule has 0 saturated heterocycles. The van der Waals surface area contributed by atoms with Gasteiger partial charge >= 0.3 is 0 Å². The molecule has 2 unspecified atom stereocenters. The zero-order valence-electron chi connectivity index (χ0n) is 17.1. The summed E-state index contributed by atoms with van der Waals surface area (Å²) in [4.78, 5) is 20.3. The van der Waals surface area contributed by atoms with E-state index in [1.165, 1.54) is 27.6 Å². The number of aromatic nitrogens is 3. The van der Waals surface area contributed by atoms with E-state index < -0.39 is 0 Å². The zero-order chi connectivity index (χ0) is 20.7. The van der Waals surface area contributed by atoms with Gasteiger partial charge in [-0.2, -0.15) is 4.68 Å². The largest absolute Gasteiger partial charge is 0.497 e. The first-order valence-electron chi connectivity index (χ1n) is 10.3. The number of carbonyl (C=O) groups is 1. The van der Waals surface area contributed by atoms with Crippen LogP contribution in [-0.4, -0.2) is 44.5 Å². The van der Waals surface area contributed by atoms with Crippen molar-refractivity contribution in [3.8, 4) is 5.75 Å². The summed E-state index contributed by atoms with van der Waals surface area (Å²) in [7, 11) is 1.67. The first kappa shape index (κ1) is 19.3. The lowest BCUT2D eigenvalue weighted by Crippen LogP contribution is -2.41. The van der Waals surface area contributed by atoms with Crippen LogP contribution in [0, 0.1) is 0 Å². The lowest BCUT2D eigenvalue weighted by Gasteiger charge is -2.38. The van der Waals surface area contributed by atoms with Crippen LogP contribution in [0.3, 0.4) is 0 Å². The summed E-state index contributed by atoms with van der Waals surface area (Å²) in [6.07, 6.45) is 1.70. The van der Waals surface area contributed by atoms with E-state index in [0.717, 1.165) is 37.2 Å². The van der Waals surface area contributed by atoms with Crippen LogP contribution in [0.4, 0.5) is 0 Å². The van der Waals surface area contributed by atoms with E-state index in [2.05, 4.69) is 45.3 Å². The van der Waals surface area contributed by atoms with Crippen LogP contribution in [-0.2, 0) is 19.4 Å². The quantitative estimate of drug-likeness (QED) is 0.626. The molecule has 2 aromatic carbocycles. The normalized spacial score (nSPS) is 19.4. The molecule has 6 nitrogen and oxygen atoms in total. The molecule has 5 rings (SSSR count). The molecule has 7 heteroatoms. The standard InChI is InChI=1S/C23H24N4O2S/c1-3-19-24-23-27(25-19)22(28)21(30-23)20(16-9-6-10-18(13-16)29-2)26-12-11-15-7-4-5-8-17(15)14-26/h4-10,13,20-21H,3,11-12,14H2,1-2H3. The van der Waals surface area contributed by atoms with Gasteiger partial charge in [-0.3, -0.25) is 9.69 Å². The summed E-state index contributed by atoms with van der Waals surface area (Å²) in [5.41, 5.74) is 3.81. The lowest BCUT2D eigenvalue weighted by molar-refractivity contribution is 0.0824. The van der Waals surface area contributed by atoms with Crippen LogP contribution < -0.4 is 4.74 Å². The molecule has 3 aromatic rings. The van der Waals surface area contributed by atoms with Gasteiger partial charge in [0.05, 0.1) is 13.2 Å². The van der Waals surface area contributed by atoms with Crippen LogP contribution in [0.1, 0.15) is 40.3 Å². The second kappa shape index (κ2) is 7.89. The Balaban J connectivity index is 1.52. The molecule has 154 valence electrons. The topological polar surface area (TPSA) is 60.3 Å². The monoisotopic (exact) mass is 420 g/mol. The molecule has 1 aromatic heterocycles. The molecule has 0 saturated carbocycles. The summed E-state index contributed by atoms with van der Waals surface area (Å²) < 4.78 is 6.97. The van der Waals surface area contributed by atoms with Gasteiger partial charge in [0, 0.05) is 19.5 Å². The fourth-order valence-corrected chi connectivity index (χ4v) is 5.62. The Morgan fingerprint density at radius 1 is 1.20 bits per heavy atom. The molecule has 0 bridgehead atoms. The Morgan fingerprint density at radius 3 is 2.80 bits per heavy atom. The molecule has 30 heavy (non-hydrogen) atoms. The minimum absolute atomic E-state index is 0.00822. The average molecular weight is 421 g/mol. The van der Waals surface area contributed by atoms with Gasteiger partial charge in [-0.05, 0) is 35.2 Å². The highest BCUT2D eigenvalue weighted by atomic mass is 32.2. The predicted octanol–water partition coefficient (Wildman–Crippen LogP) is 3.76. The highest BCUT2D eigenvalue weighted by Gasteiger charge is 2.43. The van der Waals surface area contributed by atoms with Crippen molar-refractivity contribution in [3.05, 3.63) is 71.0 Å². The number of rotatable bonds is 5. The molecule has 0 spiro atoms. The Kier molecular flexibility index (Phi) is 5.08. The Morgan fingerprint density at radius 2 is 2.03 bits per heavy atom. The average Bonchev–Trinajstić information content (AvgIpc) is 3.33. The van der Waals surface area contributed by atoms with Gasteiger partial charge in [-0.1, -0.05) is 55.1 Å². The number of thioether (sulfide) groups is 1. The minimum atomic E-state index is -0.289. The first-order valence-corrected chi connectivity index (χ1v) is 11.2. The number of benzene rings is 2. The van der Waals surface area contributed by atoms with Crippen molar-refractivity contribution in [2.24, 2.45) is 0 Å².